The summed E-state index contributed by atoms with van der Waals surface area (Å²) >= 11 is 0. The fourth-order valence-electron chi connectivity index (χ4n) is 3.20. The summed E-state index contributed by atoms with van der Waals surface area (Å²) in [6.45, 7) is 0.509. The van der Waals surface area contributed by atoms with E-state index in [1.54, 1.807) is 16.7 Å². The summed E-state index contributed by atoms with van der Waals surface area (Å²) < 4.78 is 6.36. The van der Waals surface area contributed by atoms with Crippen LogP contribution in [0.1, 0.15) is 40.0 Å². The van der Waals surface area contributed by atoms with Crippen molar-refractivity contribution in [1.82, 2.24) is 9.55 Å². The maximum absolute atomic E-state index is 12.2. The van der Waals surface area contributed by atoms with Crippen LogP contribution in [0.4, 0.5) is 0 Å². The molecule has 0 saturated carbocycles. The predicted molar refractivity (Wildman–Crippen MR) is 89.5 cm³/mol. The van der Waals surface area contributed by atoms with Crippen molar-refractivity contribution in [1.29, 1.82) is 0 Å². The van der Waals surface area contributed by atoms with E-state index in [0.29, 0.717) is 18.5 Å². The lowest BCUT2D eigenvalue weighted by Crippen LogP contribution is -2.37. The third-order valence-corrected chi connectivity index (χ3v) is 4.50. The molecule has 0 amide bonds. The minimum atomic E-state index is -0.368. The molecule has 0 saturated heterocycles. The zero-order valence-corrected chi connectivity index (χ0v) is 13.6. The van der Waals surface area contributed by atoms with Crippen molar-refractivity contribution in [3.8, 4) is 0 Å². The summed E-state index contributed by atoms with van der Waals surface area (Å²) in [5.41, 5.74) is 2.56. The highest BCUT2D eigenvalue weighted by Gasteiger charge is 2.18. The van der Waals surface area contributed by atoms with Crippen molar-refractivity contribution in [3.63, 3.8) is 0 Å². The standard InChI is InChI=1S/C18H20N2O4/c1-24-17(22)13-8-6-12(7-9-13)10-11-20-15-5-3-2-4-14(15)16(21)19-18(20)23/h6-9H,2-5,10-11H2,1H3,(H,19,21,23). The number of aromatic amines is 1. The van der Waals surface area contributed by atoms with Crippen LogP contribution in [0.5, 0.6) is 0 Å². The van der Waals surface area contributed by atoms with Gasteiger partial charge in [0, 0.05) is 17.8 Å². The largest absolute Gasteiger partial charge is 0.465 e. The molecule has 24 heavy (non-hydrogen) atoms. The molecule has 1 heterocycles. The lowest BCUT2D eigenvalue weighted by Gasteiger charge is -2.19. The Balaban J connectivity index is 1.81. The number of H-pyrrole nitrogens is 1. The second-order valence-corrected chi connectivity index (χ2v) is 5.98. The molecule has 0 aliphatic heterocycles. The number of nitrogens with zero attached hydrogens (tertiary/aromatic N) is 1. The first kappa shape index (κ1) is 16.2. The first-order chi connectivity index (χ1) is 11.6. The maximum Gasteiger partial charge on any atom is 0.337 e. The highest BCUT2D eigenvalue weighted by Crippen LogP contribution is 2.17. The van der Waals surface area contributed by atoms with E-state index in [1.807, 2.05) is 12.1 Å². The number of esters is 1. The normalized spacial score (nSPS) is 13.4. The summed E-state index contributed by atoms with van der Waals surface area (Å²) in [4.78, 5) is 38.0. The minimum Gasteiger partial charge on any atom is -0.465 e. The van der Waals surface area contributed by atoms with Gasteiger partial charge in [-0.1, -0.05) is 12.1 Å². The number of ether oxygens (including phenoxy) is 1. The molecule has 1 aromatic carbocycles. The number of methoxy groups -OCH3 is 1. The van der Waals surface area contributed by atoms with Crippen molar-refractivity contribution in [2.24, 2.45) is 0 Å². The third-order valence-electron chi connectivity index (χ3n) is 4.50. The highest BCUT2D eigenvalue weighted by molar-refractivity contribution is 5.89. The molecule has 0 fully saturated rings. The topological polar surface area (TPSA) is 81.2 Å². The molecule has 6 nitrogen and oxygen atoms in total. The predicted octanol–water partition coefficient (Wildman–Crippen LogP) is 1.44. The molecular weight excluding hydrogens is 308 g/mol. The van der Waals surface area contributed by atoms with Crippen LogP contribution in [0.15, 0.2) is 33.9 Å². The van der Waals surface area contributed by atoms with Gasteiger partial charge in [-0.05, 0) is 49.8 Å². The third kappa shape index (κ3) is 3.18. The van der Waals surface area contributed by atoms with E-state index in [2.05, 4.69) is 9.72 Å². The molecular formula is C18H20N2O4. The Morgan fingerprint density at radius 2 is 1.88 bits per heavy atom. The zero-order valence-electron chi connectivity index (χ0n) is 13.6. The number of nitrogens with one attached hydrogen (secondary N) is 1. The van der Waals surface area contributed by atoms with Gasteiger partial charge in [0.05, 0.1) is 12.7 Å². The number of fused-ring (bicyclic) bond motifs is 1. The van der Waals surface area contributed by atoms with Crippen LogP contribution in [0, 0.1) is 0 Å². The lowest BCUT2D eigenvalue weighted by molar-refractivity contribution is 0.0600. The van der Waals surface area contributed by atoms with E-state index >= 15 is 0 Å². The van der Waals surface area contributed by atoms with E-state index in [9.17, 15) is 14.4 Å². The van der Waals surface area contributed by atoms with Crippen molar-refractivity contribution >= 4 is 5.97 Å². The van der Waals surface area contributed by atoms with Gasteiger partial charge in [0.25, 0.3) is 5.56 Å². The molecule has 1 aliphatic rings. The second-order valence-electron chi connectivity index (χ2n) is 5.98. The number of benzene rings is 1. The quantitative estimate of drug-likeness (QED) is 0.861. The Kier molecular flexibility index (Phi) is 4.64. The van der Waals surface area contributed by atoms with E-state index < -0.39 is 0 Å². The van der Waals surface area contributed by atoms with Crippen molar-refractivity contribution < 1.29 is 9.53 Å². The van der Waals surface area contributed by atoms with Crippen LogP contribution >= 0.6 is 0 Å². The van der Waals surface area contributed by atoms with Crippen LogP contribution in [0.3, 0.4) is 0 Å². The van der Waals surface area contributed by atoms with Crippen LogP contribution in [0.25, 0.3) is 0 Å². The monoisotopic (exact) mass is 328 g/mol. The first-order valence-corrected chi connectivity index (χ1v) is 8.12. The fraction of sp³-hybridized carbons (Fsp3) is 0.389. The van der Waals surface area contributed by atoms with E-state index in [0.717, 1.165) is 42.5 Å². The van der Waals surface area contributed by atoms with Crippen molar-refractivity contribution in [2.75, 3.05) is 7.11 Å². The van der Waals surface area contributed by atoms with Gasteiger partial charge in [0.2, 0.25) is 0 Å². The molecule has 0 unspecified atom stereocenters. The number of aromatic nitrogens is 2. The zero-order chi connectivity index (χ0) is 17.1. The molecule has 1 aliphatic carbocycles. The van der Waals surface area contributed by atoms with E-state index in [-0.39, 0.29) is 17.2 Å². The minimum absolute atomic E-state index is 0.242. The van der Waals surface area contributed by atoms with Gasteiger partial charge in [0.15, 0.2) is 0 Å². The Morgan fingerprint density at radius 1 is 1.17 bits per heavy atom. The number of rotatable bonds is 4. The summed E-state index contributed by atoms with van der Waals surface area (Å²) in [6, 6.07) is 7.14. The summed E-state index contributed by atoms with van der Waals surface area (Å²) in [5.74, 6) is -0.368. The molecule has 126 valence electrons. The van der Waals surface area contributed by atoms with Crippen LogP contribution < -0.4 is 11.2 Å². The molecule has 0 radical (unpaired) electrons. The second kappa shape index (κ2) is 6.86. The molecule has 1 aromatic heterocycles. The van der Waals surface area contributed by atoms with Gasteiger partial charge in [-0.25, -0.2) is 9.59 Å². The summed E-state index contributed by atoms with van der Waals surface area (Å²) in [5, 5.41) is 0. The van der Waals surface area contributed by atoms with Gasteiger partial charge in [0.1, 0.15) is 0 Å². The average Bonchev–Trinajstić information content (AvgIpc) is 2.61. The van der Waals surface area contributed by atoms with Gasteiger partial charge in [-0.15, -0.1) is 0 Å². The van der Waals surface area contributed by atoms with Crippen LogP contribution in [0.2, 0.25) is 0 Å². The fourth-order valence-corrected chi connectivity index (χ4v) is 3.20. The maximum atomic E-state index is 12.2. The molecule has 0 bridgehead atoms. The number of hydrogen-bond acceptors (Lipinski definition) is 4. The molecule has 0 spiro atoms. The molecule has 3 rings (SSSR count). The molecule has 1 N–H and O–H groups in total. The molecule has 2 aromatic rings. The van der Waals surface area contributed by atoms with E-state index in [4.69, 9.17) is 0 Å². The Labute approximate surface area is 139 Å². The number of hydrogen-bond donors (Lipinski definition) is 1. The smallest absolute Gasteiger partial charge is 0.337 e. The first-order valence-electron chi connectivity index (χ1n) is 8.12. The average molecular weight is 328 g/mol. The lowest BCUT2D eigenvalue weighted by atomic mass is 9.96. The van der Waals surface area contributed by atoms with Crippen molar-refractivity contribution in [3.05, 3.63) is 67.5 Å². The van der Waals surface area contributed by atoms with Crippen LogP contribution in [-0.2, 0) is 30.5 Å². The molecule has 6 heteroatoms. The highest BCUT2D eigenvalue weighted by atomic mass is 16.5. The van der Waals surface area contributed by atoms with E-state index in [1.165, 1.54) is 7.11 Å². The Bertz CT molecular complexity index is 862. The van der Waals surface area contributed by atoms with Gasteiger partial charge >= 0.3 is 11.7 Å². The summed E-state index contributed by atoms with van der Waals surface area (Å²) in [6.07, 6.45) is 4.15. The number of aryl methyl sites for hydroxylation is 1. The summed E-state index contributed by atoms with van der Waals surface area (Å²) in [7, 11) is 1.35. The van der Waals surface area contributed by atoms with Crippen LogP contribution in [-0.4, -0.2) is 22.6 Å². The van der Waals surface area contributed by atoms with Gasteiger partial charge in [-0.2, -0.15) is 0 Å². The van der Waals surface area contributed by atoms with Crippen molar-refractivity contribution in [2.45, 2.75) is 38.6 Å². The van der Waals surface area contributed by atoms with Gasteiger partial charge < -0.3 is 4.74 Å². The molecule has 0 atom stereocenters. The number of carbonyl (C=O) groups is 1. The Hall–Kier alpha value is -2.63. The van der Waals surface area contributed by atoms with Gasteiger partial charge in [-0.3, -0.25) is 14.3 Å². The number of carbonyl (C=O) groups excluding carboxylic acids is 1. The SMILES string of the molecule is COC(=O)c1ccc(CCn2c3c(c(=O)[nH]c2=O)CCCC3)cc1. The Morgan fingerprint density at radius 3 is 2.58 bits per heavy atom.